The molecule has 5 heteroatoms. The lowest BCUT2D eigenvalue weighted by Crippen LogP contribution is -2.59. The molecule has 0 aromatic carbocycles. The van der Waals surface area contributed by atoms with E-state index in [0.29, 0.717) is 13.1 Å². The highest BCUT2D eigenvalue weighted by Gasteiger charge is 2.35. The number of carbonyl (C=O) groups is 1. The highest BCUT2D eigenvalue weighted by atomic mass is 19.3. The van der Waals surface area contributed by atoms with Crippen LogP contribution in [0, 0.1) is 0 Å². The van der Waals surface area contributed by atoms with Gasteiger partial charge in [0.1, 0.15) is 0 Å². The highest BCUT2D eigenvalue weighted by molar-refractivity contribution is 5.87. The second-order valence-electron chi connectivity index (χ2n) is 4.22. The summed E-state index contributed by atoms with van der Waals surface area (Å²) in [6.45, 7) is 8.21. The standard InChI is InChI=1S/C11H18F2N2O/c1-4-10(16)14-5-6-15(8(2)3)9(7-14)11(12)13/h4,8-9,11H,1,5-7H2,2-3H3. The second-order valence-corrected chi connectivity index (χ2v) is 4.22. The van der Waals surface area contributed by atoms with Crippen LogP contribution < -0.4 is 0 Å². The van der Waals surface area contributed by atoms with Crippen LogP contribution in [0.2, 0.25) is 0 Å². The number of rotatable bonds is 3. The lowest BCUT2D eigenvalue weighted by atomic mass is 10.1. The van der Waals surface area contributed by atoms with Gasteiger partial charge in [0, 0.05) is 25.7 Å². The summed E-state index contributed by atoms with van der Waals surface area (Å²) >= 11 is 0. The first-order chi connectivity index (χ1) is 7.47. The Balaban J connectivity index is 2.72. The molecule has 1 aliphatic heterocycles. The third kappa shape index (κ3) is 2.78. The van der Waals surface area contributed by atoms with Crippen LogP contribution in [0.3, 0.4) is 0 Å². The summed E-state index contributed by atoms with van der Waals surface area (Å²) in [6, 6.07) is -0.794. The largest absolute Gasteiger partial charge is 0.336 e. The molecule has 0 bridgehead atoms. The molecule has 0 aliphatic carbocycles. The number of piperazine rings is 1. The molecular formula is C11H18F2N2O. The molecule has 1 aliphatic rings. The van der Waals surface area contributed by atoms with Crippen molar-refractivity contribution in [3.8, 4) is 0 Å². The molecular weight excluding hydrogens is 214 g/mol. The van der Waals surface area contributed by atoms with Crippen LogP contribution >= 0.6 is 0 Å². The molecule has 92 valence electrons. The van der Waals surface area contributed by atoms with Gasteiger partial charge in [-0.25, -0.2) is 8.78 Å². The van der Waals surface area contributed by atoms with E-state index >= 15 is 0 Å². The Morgan fingerprint density at radius 1 is 1.44 bits per heavy atom. The molecule has 3 nitrogen and oxygen atoms in total. The van der Waals surface area contributed by atoms with E-state index in [1.165, 1.54) is 11.0 Å². The van der Waals surface area contributed by atoms with Gasteiger partial charge in [0.15, 0.2) is 0 Å². The van der Waals surface area contributed by atoms with E-state index in [9.17, 15) is 13.6 Å². The summed E-state index contributed by atoms with van der Waals surface area (Å²) in [7, 11) is 0. The fourth-order valence-corrected chi connectivity index (χ4v) is 2.02. The maximum Gasteiger partial charge on any atom is 0.255 e. The Hall–Kier alpha value is -0.970. The van der Waals surface area contributed by atoms with Crippen molar-refractivity contribution in [1.29, 1.82) is 0 Å². The predicted molar refractivity (Wildman–Crippen MR) is 58.4 cm³/mol. The lowest BCUT2D eigenvalue weighted by molar-refractivity contribution is -0.131. The molecule has 0 N–H and O–H groups in total. The molecule has 1 heterocycles. The second kappa shape index (κ2) is 5.39. The molecule has 0 spiro atoms. The molecule has 1 atom stereocenters. The average Bonchev–Trinajstić information content (AvgIpc) is 2.26. The summed E-state index contributed by atoms with van der Waals surface area (Å²) in [5.41, 5.74) is 0. The topological polar surface area (TPSA) is 23.6 Å². The maximum absolute atomic E-state index is 12.9. The Labute approximate surface area is 94.7 Å². The number of alkyl halides is 2. The van der Waals surface area contributed by atoms with Gasteiger partial charge in [-0.1, -0.05) is 6.58 Å². The molecule has 0 aromatic heterocycles. The van der Waals surface area contributed by atoms with Crippen LogP contribution in [-0.4, -0.2) is 53.9 Å². The smallest absolute Gasteiger partial charge is 0.255 e. The van der Waals surface area contributed by atoms with Crippen molar-refractivity contribution in [2.24, 2.45) is 0 Å². The van der Waals surface area contributed by atoms with Crippen molar-refractivity contribution in [3.05, 3.63) is 12.7 Å². The van der Waals surface area contributed by atoms with Crippen molar-refractivity contribution in [2.75, 3.05) is 19.6 Å². The minimum Gasteiger partial charge on any atom is -0.336 e. The van der Waals surface area contributed by atoms with Crippen LogP contribution in [0.5, 0.6) is 0 Å². The number of nitrogens with zero attached hydrogens (tertiary/aromatic N) is 2. The molecule has 1 fully saturated rings. The van der Waals surface area contributed by atoms with Crippen LogP contribution in [0.1, 0.15) is 13.8 Å². The SMILES string of the molecule is C=CC(=O)N1CCN(C(C)C)C(C(F)F)C1. The summed E-state index contributed by atoms with van der Waals surface area (Å²) in [4.78, 5) is 14.5. The molecule has 1 unspecified atom stereocenters. The van der Waals surface area contributed by atoms with Gasteiger partial charge < -0.3 is 4.90 Å². The Morgan fingerprint density at radius 3 is 2.50 bits per heavy atom. The zero-order valence-corrected chi connectivity index (χ0v) is 9.70. The highest BCUT2D eigenvalue weighted by Crippen LogP contribution is 2.19. The van der Waals surface area contributed by atoms with Gasteiger partial charge in [-0.3, -0.25) is 9.69 Å². The zero-order chi connectivity index (χ0) is 12.3. The fraction of sp³-hybridized carbons (Fsp3) is 0.727. The molecule has 1 saturated heterocycles. The predicted octanol–water partition coefficient (Wildman–Crippen LogP) is 1.36. The molecule has 0 saturated carbocycles. The summed E-state index contributed by atoms with van der Waals surface area (Å²) < 4.78 is 25.7. The Morgan fingerprint density at radius 2 is 2.06 bits per heavy atom. The van der Waals surface area contributed by atoms with Crippen LogP contribution in [0.25, 0.3) is 0 Å². The Bertz CT molecular complexity index is 269. The number of carbonyl (C=O) groups excluding carboxylic acids is 1. The van der Waals surface area contributed by atoms with Crippen molar-refractivity contribution in [2.45, 2.75) is 32.4 Å². The lowest BCUT2D eigenvalue weighted by Gasteiger charge is -2.42. The summed E-state index contributed by atoms with van der Waals surface area (Å²) in [5.74, 6) is -0.269. The van der Waals surface area contributed by atoms with Gasteiger partial charge in [-0.05, 0) is 19.9 Å². The number of amides is 1. The molecule has 0 aromatic rings. The number of halogens is 2. The van der Waals surface area contributed by atoms with Gasteiger partial charge in [-0.2, -0.15) is 0 Å². The minimum absolute atomic E-state index is 0.0694. The van der Waals surface area contributed by atoms with Crippen LogP contribution in [0.4, 0.5) is 8.78 Å². The van der Waals surface area contributed by atoms with E-state index in [1.54, 1.807) is 4.90 Å². The van der Waals surface area contributed by atoms with Crippen molar-refractivity contribution >= 4 is 5.91 Å². The van der Waals surface area contributed by atoms with Crippen molar-refractivity contribution in [1.82, 2.24) is 9.80 Å². The molecule has 1 amide bonds. The van der Waals surface area contributed by atoms with Crippen LogP contribution in [-0.2, 0) is 4.79 Å². The first-order valence-electron chi connectivity index (χ1n) is 5.42. The third-order valence-electron chi connectivity index (χ3n) is 2.90. The third-order valence-corrected chi connectivity index (χ3v) is 2.90. The normalized spacial score (nSPS) is 22.9. The number of hydrogen-bond acceptors (Lipinski definition) is 2. The monoisotopic (exact) mass is 232 g/mol. The van der Waals surface area contributed by atoms with Gasteiger partial charge in [0.25, 0.3) is 6.43 Å². The van der Waals surface area contributed by atoms with E-state index in [-0.39, 0.29) is 18.5 Å². The number of hydrogen-bond donors (Lipinski definition) is 0. The van der Waals surface area contributed by atoms with Gasteiger partial charge in [0.2, 0.25) is 5.91 Å². The van der Waals surface area contributed by atoms with E-state index in [4.69, 9.17) is 0 Å². The van der Waals surface area contributed by atoms with E-state index in [2.05, 4.69) is 6.58 Å². The van der Waals surface area contributed by atoms with E-state index < -0.39 is 12.5 Å². The zero-order valence-electron chi connectivity index (χ0n) is 9.70. The summed E-state index contributed by atoms with van der Waals surface area (Å²) in [5, 5.41) is 0. The maximum atomic E-state index is 12.9. The molecule has 1 rings (SSSR count). The first kappa shape index (κ1) is 13.1. The van der Waals surface area contributed by atoms with Gasteiger partial charge in [0.05, 0.1) is 6.04 Å². The average molecular weight is 232 g/mol. The van der Waals surface area contributed by atoms with Crippen molar-refractivity contribution < 1.29 is 13.6 Å². The minimum atomic E-state index is -2.43. The van der Waals surface area contributed by atoms with Gasteiger partial charge in [-0.15, -0.1) is 0 Å². The van der Waals surface area contributed by atoms with Crippen LogP contribution in [0.15, 0.2) is 12.7 Å². The quantitative estimate of drug-likeness (QED) is 0.686. The van der Waals surface area contributed by atoms with Crippen molar-refractivity contribution in [3.63, 3.8) is 0 Å². The fourth-order valence-electron chi connectivity index (χ4n) is 2.02. The Kier molecular flexibility index (Phi) is 4.41. The van der Waals surface area contributed by atoms with Gasteiger partial charge >= 0.3 is 0 Å². The first-order valence-corrected chi connectivity index (χ1v) is 5.42. The molecule has 16 heavy (non-hydrogen) atoms. The summed E-state index contributed by atoms with van der Waals surface area (Å²) in [6.07, 6.45) is -1.25. The van der Waals surface area contributed by atoms with E-state index in [1.807, 2.05) is 13.8 Å². The van der Waals surface area contributed by atoms with E-state index in [0.717, 1.165) is 0 Å². The molecule has 0 radical (unpaired) electrons.